The summed E-state index contributed by atoms with van der Waals surface area (Å²) in [6.45, 7) is 7.86. The largest absolute Gasteiger partial charge is 0.487 e. The molecule has 0 fully saturated rings. The monoisotopic (exact) mass is 605 g/mol. The average Bonchev–Trinajstić information content (AvgIpc) is 3.06. The van der Waals surface area contributed by atoms with Crippen LogP contribution in [-0.2, 0) is 13.2 Å². The van der Waals surface area contributed by atoms with E-state index in [1.165, 1.54) is 0 Å². The Labute approximate surface area is 268 Å². The van der Waals surface area contributed by atoms with Crippen molar-refractivity contribution in [2.45, 2.75) is 52.7 Å². The summed E-state index contributed by atoms with van der Waals surface area (Å²) < 4.78 is 12.0. The molecule has 3 heterocycles. The first-order valence-corrected chi connectivity index (χ1v) is 14.7. The van der Waals surface area contributed by atoms with Gasteiger partial charge in [-0.15, -0.1) is 0 Å². The van der Waals surface area contributed by atoms with Gasteiger partial charge in [0.2, 0.25) is 0 Å². The number of nitrogens with one attached hydrogen (secondary N) is 2. The highest BCUT2D eigenvalue weighted by Crippen LogP contribution is 2.39. The van der Waals surface area contributed by atoms with Crippen LogP contribution in [0.1, 0.15) is 62.0 Å². The number of nitriles is 4. The van der Waals surface area contributed by atoms with Crippen LogP contribution in [0.2, 0.25) is 0 Å². The molecule has 2 aromatic carbocycles. The Kier molecular flexibility index (Phi) is 9.18. The van der Waals surface area contributed by atoms with Crippen molar-refractivity contribution < 1.29 is 9.47 Å². The number of ether oxygens (including phenoxy) is 2. The number of dihydropyridines is 2. The first kappa shape index (κ1) is 31.1. The summed E-state index contributed by atoms with van der Waals surface area (Å²) in [5.41, 5.74) is 8.25. The Morgan fingerprint density at radius 3 is 1.17 bits per heavy atom. The van der Waals surface area contributed by atoms with Crippen molar-refractivity contribution in [1.82, 2.24) is 15.6 Å². The third-order valence-electron chi connectivity index (χ3n) is 8.07. The van der Waals surface area contributed by atoms with Crippen LogP contribution in [-0.4, -0.2) is 4.98 Å². The van der Waals surface area contributed by atoms with Gasteiger partial charge < -0.3 is 20.1 Å². The lowest BCUT2D eigenvalue weighted by atomic mass is 9.81. The van der Waals surface area contributed by atoms with Gasteiger partial charge in [0.15, 0.2) is 0 Å². The normalized spacial score (nSPS) is 15.3. The Morgan fingerprint density at radius 1 is 0.543 bits per heavy atom. The molecule has 0 unspecified atom stereocenters. The van der Waals surface area contributed by atoms with Gasteiger partial charge >= 0.3 is 0 Å². The summed E-state index contributed by atoms with van der Waals surface area (Å²) in [4.78, 5) is 4.67. The maximum absolute atomic E-state index is 9.75. The zero-order chi connectivity index (χ0) is 32.8. The summed E-state index contributed by atoms with van der Waals surface area (Å²) in [6, 6.07) is 29.5. The molecule has 5 rings (SSSR count). The second-order valence-electron chi connectivity index (χ2n) is 11.1. The maximum Gasteiger partial charge on any atom is 0.130 e. The molecule has 3 aromatic rings. The minimum atomic E-state index is -0.420. The highest BCUT2D eigenvalue weighted by atomic mass is 16.5. The van der Waals surface area contributed by atoms with Gasteiger partial charge in [0.1, 0.15) is 24.7 Å². The summed E-state index contributed by atoms with van der Waals surface area (Å²) in [5.74, 6) is 0.443. The Hall–Kier alpha value is -6.29. The van der Waals surface area contributed by atoms with Crippen molar-refractivity contribution >= 4 is 0 Å². The van der Waals surface area contributed by atoms with Crippen LogP contribution in [0.5, 0.6) is 11.5 Å². The van der Waals surface area contributed by atoms with Crippen molar-refractivity contribution in [2.24, 2.45) is 0 Å². The molecule has 0 saturated heterocycles. The number of rotatable bonds is 8. The van der Waals surface area contributed by atoms with E-state index in [4.69, 9.17) is 9.47 Å². The molecule has 0 radical (unpaired) electrons. The van der Waals surface area contributed by atoms with Crippen LogP contribution in [0.25, 0.3) is 0 Å². The van der Waals surface area contributed by atoms with Crippen LogP contribution >= 0.6 is 0 Å². The van der Waals surface area contributed by atoms with Gasteiger partial charge in [0, 0.05) is 22.8 Å². The third-order valence-corrected chi connectivity index (χ3v) is 8.07. The van der Waals surface area contributed by atoms with E-state index >= 15 is 0 Å². The molecule has 226 valence electrons. The lowest BCUT2D eigenvalue weighted by Gasteiger charge is -2.26. The molecule has 0 amide bonds. The van der Waals surface area contributed by atoms with Crippen molar-refractivity contribution in [3.8, 4) is 35.8 Å². The number of nitrogens with zero attached hydrogens (tertiary/aromatic N) is 5. The molecule has 0 saturated carbocycles. The summed E-state index contributed by atoms with van der Waals surface area (Å²) >= 11 is 0. The van der Waals surface area contributed by atoms with E-state index in [0.29, 0.717) is 33.8 Å². The quantitative estimate of drug-likeness (QED) is 0.282. The van der Waals surface area contributed by atoms with E-state index in [1.807, 2.05) is 94.4 Å². The molecule has 2 aliphatic heterocycles. The zero-order valence-corrected chi connectivity index (χ0v) is 26.0. The van der Waals surface area contributed by atoms with E-state index in [9.17, 15) is 21.0 Å². The van der Waals surface area contributed by atoms with Crippen LogP contribution in [0.4, 0.5) is 0 Å². The molecular weight excluding hydrogens is 574 g/mol. The lowest BCUT2D eigenvalue weighted by molar-refractivity contribution is 0.290. The highest BCUT2D eigenvalue weighted by Gasteiger charge is 2.30. The lowest BCUT2D eigenvalue weighted by Crippen LogP contribution is -2.23. The molecule has 9 heteroatoms. The molecule has 0 spiro atoms. The number of allylic oxidation sites excluding steroid dienone is 8. The van der Waals surface area contributed by atoms with Gasteiger partial charge in [0.05, 0.1) is 69.8 Å². The fourth-order valence-electron chi connectivity index (χ4n) is 5.76. The maximum atomic E-state index is 9.75. The van der Waals surface area contributed by atoms with Crippen molar-refractivity contribution in [1.29, 1.82) is 21.0 Å². The van der Waals surface area contributed by atoms with Crippen LogP contribution in [0.3, 0.4) is 0 Å². The minimum Gasteiger partial charge on any atom is -0.487 e. The van der Waals surface area contributed by atoms with E-state index in [1.54, 1.807) is 0 Å². The van der Waals surface area contributed by atoms with Crippen LogP contribution in [0, 0.1) is 45.3 Å². The van der Waals surface area contributed by atoms with Gasteiger partial charge in [-0.2, -0.15) is 21.0 Å². The molecule has 2 N–H and O–H groups in total. The molecular formula is C37H31N7O2. The topological polar surface area (TPSA) is 151 Å². The Morgan fingerprint density at radius 2 is 0.870 bits per heavy atom. The third kappa shape index (κ3) is 6.31. The molecule has 1 aromatic heterocycles. The van der Waals surface area contributed by atoms with E-state index in [0.717, 1.165) is 45.3 Å². The van der Waals surface area contributed by atoms with Crippen molar-refractivity contribution in [3.05, 3.63) is 134 Å². The van der Waals surface area contributed by atoms with Gasteiger partial charge in [-0.05, 0) is 75.2 Å². The number of aromatic nitrogens is 1. The van der Waals surface area contributed by atoms with Crippen molar-refractivity contribution in [3.63, 3.8) is 0 Å². The Balaban J connectivity index is 1.21. The highest BCUT2D eigenvalue weighted by molar-refractivity contribution is 5.56. The average molecular weight is 606 g/mol. The first-order chi connectivity index (χ1) is 22.3. The van der Waals surface area contributed by atoms with Gasteiger partial charge in [-0.1, -0.05) is 30.3 Å². The first-order valence-electron chi connectivity index (χ1n) is 14.7. The predicted octanol–water partition coefficient (Wildman–Crippen LogP) is 6.80. The number of hydrogen-bond acceptors (Lipinski definition) is 9. The standard InChI is InChI=1S/C37H31N7O2/c1-22-32(16-38)36(33(17-39)23(2)42-22)26-8-12-30(13-9-26)45-20-28-6-5-7-29(44-28)21-46-31-14-10-27(11-15-31)37-34(18-40)24(3)43-25(4)35(37)19-41/h5-15,36-37,42-43H,20-21H2,1-4H3. The molecule has 0 atom stereocenters. The predicted molar refractivity (Wildman–Crippen MR) is 171 cm³/mol. The second kappa shape index (κ2) is 13.6. The number of benzene rings is 2. The van der Waals surface area contributed by atoms with Gasteiger partial charge in [-0.3, -0.25) is 4.98 Å². The smallest absolute Gasteiger partial charge is 0.130 e. The molecule has 0 bridgehead atoms. The van der Waals surface area contributed by atoms with Crippen LogP contribution in [0.15, 0.2) is 112 Å². The SMILES string of the molecule is CC1=C(C#N)C(c2ccc(OCc3cccc(COc4ccc(C5C(C#N)=C(C)NC(C)=C5C#N)cc4)n3)cc2)C(C#N)=C(C)N1. The fourth-order valence-corrected chi connectivity index (χ4v) is 5.76. The summed E-state index contributed by atoms with van der Waals surface area (Å²) in [6.07, 6.45) is 0. The fraction of sp³-hybridized carbons (Fsp3) is 0.216. The van der Waals surface area contributed by atoms with E-state index in [-0.39, 0.29) is 13.2 Å². The van der Waals surface area contributed by atoms with Gasteiger partial charge in [-0.25, -0.2) is 0 Å². The second-order valence-corrected chi connectivity index (χ2v) is 11.1. The molecule has 9 nitrogen and oxygen atoms in total. The molecule has 0 aliphatic carbocycles. The molecule has 46 heavy (non-hydrogen) atoms. The minimum absolute atomic E-state index is 0.249. The van der Waals surface area contributed by atoms with Crippen LogP contribution < -0.4 is 20.1 Å². The summed E-state index contributed by atoms with van der Waals surface area (Å²) in [7, 11) is 0. The molecule has 2 aliphatic rings. The van der Waals surface area contributed by atoms with E-state index in [2.05, 4.69) is 39.9 Å². The number of hydrogen-bond donors (Lipinski definition) is 2. The summed E-state index contributed by atoms with van der Waals surface area (Å²) in [5, 5.41) is 45.2. The number of pyridine rings is 1. The van der Waals surface area contributed by atoms with Crippen molar-refractivity contribution in [2.75, 3.05) is 0 Å². The zero-order valence-electron chi connectivity index (χ0n) is 26.0. The van der Waals surface area contributed by atoms with Gasteiger partial charge in [0.25, 0.3) is 0 Å². The Bertz CT molecular complexity index is 1760. The van der Waals surface area contributed by atoms with E-state index < -0.39 is 11.8 Å².